The number of benzene rings is 1. The monoisotopic (exact) mass is 251 g/mol. The van der Waals surface area contributed by atoms with Gasteiger partial charge >= 0.3 is 6.09 Å². The van der Waals surface area contributed by atoms with Gasteiger partial charge in [0.05, 0.1) is 12.1 Å². The summed E-state index contributed by atoms with van der Waals surface area (Å²) in [5.41, 5.74) is 1.02. The number of hydrogen-bond acceptors (Lipinski definition) is 3. The smallest absolute Gasteiger partial charge is 0.407 e. The second kappa shape index (κ2) is 5.00. The molecule has 0 saturated heterocycles. The van der Waals surface area contributed by atoms with Crippen molar-refractivity contribution in [1.82, 2.24) is 5.32 Å². The number of hydrogen-bond donors (Lipinski definition) is 1. The molecule has 0 spiro atoms. The zero-order valence-electron chi connectivity index (χ0n) is 10.2. The van der Waals surface area contributed by atoms with Crippen molar-refractivity contribution in [3.63, 3.8) is 0 Å². The molecule has 1 fully saturated rings. The predicted octanol–water partition coefficient (Wildman–Crippen LogP) is 3.14. The molecule has 0 radical (unpaired) electrons. The summed E-state index contributed by atoms with van der Waals surface area (Å²) in [5.74, 6) is 0. The quantitative estimate of drug-likeness (QED) is 0.835. The van der Waals surface area contributed by atoms with Gasteiger partial charge in [0.25, 0.3) is 0 Å². The summed E-state index contributed by atoms with van der Waals surface area (Å²) in [6.45, 7) is 2.22. The van der Waals surface area contributed by atoms with Crippen LogP contribution in [0.5, 0.6) is 0 Å². The molecule has 0 unspecified atom stereocenters. The molecular formula is C13H17NO2S. The fourth-order valence-electron chi connectivity index (χ4n) is 1.99. The Kier molecular flexibility index (Phi) is 3.62. The molecular weight excluding hydrogens is 234 g/mol. The molecule has 1 aliphatic rings. The maximum absolute atomic E-state index is 11.5. The molecule has 0 atom stereocenters. The van der Waals surface area contributed by atoms with Crippen molar-refractivity contribution >= 4 is 17.9 Å². The Morgan fingerprint density at radius 2 is 2.18 bits per heavy atom. The Morgan fingerprint density at radius 1 is 1.47 bits per heavy atom. The molecule has 4 heteroatoms. The van der Waals surface area contributed by atoms with Gasteiger partial charge in [-0.2, -0.15) is 0 Å². The molecule has 0 heterocycles. The SMILES string of the molecule is CCOC(=O)NC1(c2ccccc2SC)CC1. The number of ether oxygens (including phenoxy) is 1. The first kappa shape index (κ1) is 12.3. The Morgan fingerprint density at radius 3 is 2.76 bits per heavy atom. The highest BCUT2D eigenvalue weighted by Crippen LogP contribution is 2.48. The summed E-state index contributed by atoms with van der Waals surface area (Å²) in [4.78, 5) is 12.8. The molecule has 1 amide bonds. The minimum absolute atomic E-state index is 0.189. The molecule has 2 rings (SSSR count). The molecule has 0 aromatic heterocycles. The molecule has 1 aromatic rings. The van der Waals surface area contributed by atoms with Crippen molar-refractivity contribution in [2.24, 2.45) is 0 Å². The van der Waals surface area contributed by atoms with E-state index in [2.05, 4.69) is 23.7 Å². The fourth-order valence-corrected chi connectivity index (χ4v) is 2.69. The highest BCUT2D eigenvalue weighted by Gasteiger charge is 2.47. The lowest BCUT2D eigenvalue weighted by Crippen LogP contribution is -2.35. The van der Waals surface area contributed by atoms with Crippen molar-refractivity contribution < 1.29 is 9.53 Å². The summed E-state index contributed by atoms with van der Waals surface area (Å²) >= 11 is 1.71. The van der Waals surface area contributed by atoms with Gasteiger partial charge in [-0.3, -0.25) is 0 Å². The van der Waals surface area contributed by atoms with Crippen LogP contribution in [0.1, 0.15) is 25.3 Å². The summed E-state index contributed by atoms with van der Waals surface area (Å²) < 4.78 is 4.96. The third-order valence-corrected chi connectivity index (χ3v) is 3.79. The molecule has 0 bridgehead atoms. The number of rotatable bonds is 4. The molecule has 1 saturated carbocycles. The standard InChI is InChI=1S/C13H17NO2S/c1-3-16-12(15)14-13(8-9-13)10-6-4-5-7-11(10)17-2/h4-7H,3,8-9H2,1-2H3,(H,14,15). The maximum Gasteiger partial charge on any atom is 0.407 e. The normalized spacial score (nSPS) is 16.4. The van der Waals surface area contributed by atoms with Crippen LogP contribution in [0.25, 0.3) is 0 Å². The van der Waals surface area contributed by atoms with Crippen LogP contribution >= 0.6 is 11.8 Å². The lowest BCUT2D eigenvalue weighted by molar-refractivity contribution is 0.146. The average molecular weight is 251 g/mol. The second-order valence-electron chi connectivity index (χ2n) is 4.13. The van der Waals surface area contributed by atoms with Gasteiger partial charge in [0.2, 0.25) is 0 Å². The van der Waals surface area contributed by atoms with E-state index in [0.717, 1.165) is 12.8 Å². The lowest BCUT2D eigenvalue weighted by atomic mass is 10.1. The fraction of sp³-hybridized carbons (Fsp3) is 0.462. The van der Waals surface area contributed by atoms with Crippen LogP contribution in [0.3, 0.4) is 0 Å². The number of amides is 1. The van der Waals surface area contributed by atoms with Crippen molar-refractivity contribution in [2.75, 3.05) is 12.9 Å². The highest BCUT2D eigenvalue weighted by molar-refractivity contribution is 7.98. The first-order valence-electron chi connectivity index (χ1n) is 5.80. The van der Waals surface area contributed by atoms with Gasteiger partial charge in [0.1, 0.15) is 0 Å². The van der Waals surface area contributed by atoms with Gasteiger partial charge in [-0.1, -0.05) is 18.2 Å². The number of thioether (sulfide) groups is 1. The maximum atomic E-state index is 11.5. The Balaban J connectivity index is 2.18. The number of carbonyl (C=O) groups excluding carboxylic acids is 1. The van der Waals surface area contributed by atoms with Crippen molar-refractivity contribution in [1.29, 1.82) is 0 Å². The number of alkyl carbamates (subject to hydrolysis) is 1. The van der Waals surface area contributed by atoms with Crippen molar-refractivity contribution in [3.8, 4) is 0 Å². The van der Waals surface area contributed by atoms with Crippen molar-refractivity contribution in [3.05, 3.63) is 29.8 Å². The van der Waals surface area contributed by atoms with E-state index in [-0.39, 0.29) is 11.6 Å². The summed E-state index contributed by atoms with van der Waals surface area (Å²) in [6, 6.07) is 8.22. The van der Waals surface area contributed by atoms with Gasteiger partial charge in [-0.05, 0) is 37.7 Å². The summed E-state index contributed by atoms with van der Waals surface area (Å²) in [7, 11) is 0. The van der Waals surface area contributed by atoms with E-state index in [0.29, 0.717) is 6.61 Å². The van der Waals surface area contributed by atoms with Gasteiger partial charge in [-0.15, -0.1) is 11.8 Å². The van der Waals surface area contributed by atoms with Crippen LogP contribution in [0.15, 0.2) is 29.2 Å². The van der Waals surface area contributed by atoms with Crippen LogP contribution < -0.4 is 5.32 Å². The largest absolute Gasteiger partial charge is 0.450 e. The average Bonchev–Trinajstić information content (AvgIpc) is 3.10. The van der Waals surface area contributed by atoms with E-state index in [1.165, 1.54) is 10.5 Å². The number of carbonyl (C=O) groups is 1. The Bertz CT molecular complexity index is 416. The van der Waals surface area contributed by atoms with Gasteiger partial charge in [0.15, 0.2) is 0 Å². The van der Waals surface area contributed by atoms with E-state index in [1.54, 1.807) is 11.8 Å². The Hall–Kier alpha value is -1.16. The zero-order chi connectivity index (χ0) is 12.3. The van der Waals surface area contributed by atoms with E-state index < -0.39 is 0 Å². The van der Waals surface area contributed by atoms with E-state index >= 15 is 0 Å². The molecule has 1 aliphatic carbocycles. The summed E-state index contributed by atoms with van der Waals surface area (Å²) in [5, 5.41) is 2.98. The van der Waals surface area contributed by atoms with Gasteiger partial charge < -0.3 is 10.1 Å². The van der Waals surface area contributed by atoms with Crippen LogP contribution in [0, 0.1) is 0 Å². The van der Waals surface area contributed by atoms with Crippen LogP contribution in [0.4, 0.5) is 4.79 Å². The molecule has 1 N–H and O–H groups in total. The predicted molar refractivity (Wildman–Crippen MR) is 69.3 cm³/mol. The molecule has 0 aliphatic heterocycles. The number of nitrogens with one attached hydrogen (secondary N) is 1. The van der Waals surface area contributed by atoms with Crippen LogP contribution in [-0.2, 0) is 10.3 Å². The highest BCUT2D eigenvalue weighted by atomic mass is 32.2. The van der Waals surface area contributed by atoms with Crippen LogP contribution in [-0.4, -0.2) is 19.0 Å². The minimum atomic E-state index is -0.319. The van der Waals surface area contributed by atoms with Crippen molar-refractivity contribution in [2.45, 2.75) is 30.2 Å². The third-order valence-electron chi connectivity index (χ3n) is 2.99. The van der Waals surface area contributed by atoms with E-state index in [4.69, 9.17) is 4.74 Å². The second-order valence-corrected chi connectivity index (χ2v) is 4.98. The topological polar surface area (TPSA) is 38.3 Å². The first-order valence-corrected chi connectivity index (χ1v) is 7.03. The van der Waals surface area contributed by atoms with Crippen LogP contribution in [0.2, 0.25) is 0 Å². The Labute approximate surface area is 106 Å². The molecule has 92 valence electrons. The third kappa shape index (κ3) is 2.57. The van der Waals surface area contributed by atoms with Gasteiger partial charge in [-0.25, -0.2) is 4.79 Å². The minimum Gasteiger partial charge on any atom is -0.450 e. The summed E-state index contributed by atoms with van der Waals surface area (Å²) in [6.07, 6.45) is 3.72. The first-order chi connectivity index (χ1) is 8.22. The molecule has 17 heavy (non-hydrogen) atoms. The van der Waals surface area contributed by atoms with Gasteiger partial charge in [0, 0.05) is 4.90 Å². The lowest BCUT2D eigenvalue weighted by Gasteiger charge is -2.20. The zero-order valence-corrected chi connectivity index (χ0v) is 11.0. The van der Waals surface area contributed by atoms with E-state index in [1.807, 2.05) is 19.1 Å². The molecule has 1 aromatic carbocycles. The molecule has 3 nitrogen and oxygen atoms in total. The van der Waals surface area contributed by atoms with E-state index in [9.17, 15) is 4.79 Å².